The van der Waals surface area contributed by atoms with Gasteiger partial charge >= 0.3 is 5.97 Å². The van der Waals surface area contributed by atoms with Crippen molar-refractivity contribution in [1.82, 2.24) is 0 Å². The highest BCUT2D eigenvalue weighted by Crippen LogP contribution is 2.33. The second-order valence-corrected chi connectivity index (χ2v) is 4.73. The summed E-state index contributed by atoms with van der Waals surface area (Å²) in [6, 6.07) is 17.1. The molecule has 0 atom stereocenters. The van der Waals surface area contributed by atoms with Crippen molar-refractivity contribution in [3.05, 3.63) is 54.6 Å². The summed E-state index contributed by atoms with van der Waals surface area (Å²) < 4.78 is 10.4. The van der Waals surface area contributed by atoms with Crippen molar-refractivity contribution in [3.63, 3.8) is 0 Å². The lowest BCUT2D eigenvalue weighted by Crippen LogP contribution is -2.20. The molecular weight excluding hydrogens is 292 g/mol. The minimum atomic E-state index is -0.441. The third kappa shape index (κ3) is 4.10. The van der Waals surface area contributed by atoms with E-state index in [2.05, 4.69) is 5.10 Å². The molecule has 0 aliphatic rings. The topological polar surface area (TPSA) is 51.1 Å². The minimum Gasteiger partial charge on any atom is -0.494 e. The number of carbonyl (C=O) groups excluding carboxylic acids is 1. The SMILES string of the molecule is CCOC(=O)/C(C)=N/N(c1ccccc1)c1ccccc1OC. The Morgan fingerprint density at radius 3 is 2.39 bits per heavy atom. The predicted octanol–water partition coefficient (Wildman–Crippen LogP) is 3.77. The van der Waals surface area contributed by atoms with Gasteiger partial charge in [0.15, 0.2) is 0 Å². The molecule has 0 saturated heterocycles. The van der Waals surface area contributed by atoms with Gasteiger partial charge in [-0.25, -0.2) is 9.80 Å². The summed E-state index contributed by atoms with van der Waals surface area (Å²) >= 11 is 0. The maximum absolute atomic E-state index is 11.9. The molecule has 0 unspecified atom stereocenters. The number of rotatable bonds is 6. The Labute approximate surface area is 136 Å². The van der Waals surface area contributed by atoms with E-state index in [1.54, 1.807) is 26.0 Å². The van der Waals surface area contributed by atoms with Crippen LogP contribution in [0.15, 0.2) is 59.7 Å². The van der Waals surface area contributed by atoms with E-state index in [9.17, 15) is 4.79 Å². The van der Waals surface area contributed by atoms with Gasteiger partial charge in [-0.1, -0.05) is 30.3 Å². The molecular formula is C18H20N2O3. The van der Waals surface area contributed by atoms with Crippen LogP contribution in [-0.4, -0.2) is 25.4 Å². The molecule has 120 valence electrons. The van der Waals surface area contributed by atoms with Crippen molar-refractivity contribution in [3.8, 4) is 5.75 Å². The van der Waals surface area contributed by atoms with Crippen LogP contribution >= 0.6 is 0 Å². The van der Waals surface area contributed by atoms with E-state index in [0.29, 0.717) is 12.4 Å². The molecule has 5 heteroatoms. The number of ether oxygens (including phenoxy) is 2. The Hall–Kier alpha value is -2.82. The number of anilines is 2. The van der Waals surface area contributed by atoms with Gasteiger partial charge in [0, 0.05) is 0 Å². The molecule has 0 fully saturated rings. The van der Waals surface area contributed by atoms with Gasteiger partial charge in [0.1, 0.15) is 17.1 Å². The maximum Gasteiger partial charge on any atom is 0.354 e. The molecule has 0 amide bonds. The summed E-state index contributed by atoms with van der Waals surface area (Å²) in [6.07, 6.45) is 0. The number of carbonyl (C=O) groups is 1. The third-order valence-electron chi connectivity index (χ3n) is 3.13. The van der Waals surface area contributed by atoms with Crippen LogP contribution in [0.25, 0.3) is 0 Å². The number of hydrogen-bond acceptors (Lipinski definition) is 5. The van der Waals surface area contributed by atoms with Gasteiger partial charge in [0.2, 0.25) is 0 Å². The van der Waals surface area contributed by atoms with Crippen LogP contribution in [0.2, 0.25) is 0 Å². The van der Waals surface area contributed by atoms with Gasteiger partial charge in [-0.3, -0.25) is 0 Å². The molecule has 0 aliphatic carbocycles. The predicted molar refractivity (Wildman–Crippen MR) is 91.3 cm³/mol. The second kappa shape index (κ2) is 7.98. The monoisotopic (exact) mass is 312 g/mol. The minimum absolute atomic E-state index is 0.265. The van der Waals surface area contributed by atoms with E-state index < -0.39 is 5.97 Å². The van der Waals surface area contributed by atoms with Crippen LogP contribution in [0.3, 0.4) is 0 Å². The molecule has 5 nitrogen and oxygen atoms in total. The molecule has 0 aromatic heterocycles. The van der Waals surface area contributed by atoms with Crippen LogP contribution < -0.4 is 9.75 Å². The number of benzene rings is 2. The van der Waals surface area contributed by atoms with Gasteiger partial charge in [-0.05, 0) is 38.1 Å². The molecule has 0 bridgehead atoms. The fourth-order valence-corrected chi connectivity index (χ4v) is 2.05. The van der Waals surface area contributed by atoms with E-state index >= 15 is 0 Å². The average Bonchev–Trinajstić information content (AvgIpc) is 2.60. The second-order valence-electron chi connectivity index (χ2n) is 4.73. The van der Waals surface area contributed by atoms with Crippen LogP contribution in [0.5, 0.6) is 5.75 Å². The van der Waals surface area contributed by atoms with Crippen molar-refractivity contribution in [1.29, 1.82) is 0 Å². The van der Waals surface area contributed by atoms with Gasteiger partial charge in [-0.15, -0.1) is 0 Å². The van der Waals surface area contributed by atoms with Crippen molar-refractivity contribution < 1.29 is 14.3 Å². The van der Waals surface area contributed by atoms with Crippen molar-refractivity contribution in [2.45, 2.75) is 13.8 Å². The zero-order chi connectivity index (χ0) is 16.7. The number of hydrogen-bond donors (Lipinski definition) is 0. The van der Waals surface area contributed by atoms with E-state index in [4.69, 9.17) is 9.47 Å². The Kier molecular flexibility index (Phi) is 5.74. The number of methoxy groups -OCH3 is 1. The van der Waals surface area contributed by atoms with Gasteiger partial charge < -0.3 is 9.47 Å². The third-order valence-corrected chi connectivity index (χ3v) is 3.13. The van der Waals surface area contributed by atoms with Crippen molar-refractivity contribution in [2.24, 2.45) is 5.10 Å². The molecule has 2 rings (SSSR count). The van der Waals surface area contributed by atoms with Gasteiger partial charge in [0.05, 0.1) is 19.4 Å². The number of para-hydroxylation sites is 3. The highest BCUT2D eigenvalue weighted by molar-refractivity contribution is 6.35. The molecule has 2 aromatic rings. The zero-order valence-corrected chi connectivity index (χ0v) is 13.5. The first-order valence-electron chi connectivity index (χ1n) is 7.38. The van der Waals surface area contributed by atoms with Crippen LogP contribution in [0, 0.1) is 0 Å². The van der Waals surface area contributed by atoms with Crippen LogP contribution in [0.1, 0.15) is 13.8 Å². The van der Waals surface area contributed by atoms with Gasteiger partial charge in [-0.2, -0.15) is 5.10 Å². The summed E-state index contributed by atoms with van der Waals surface area (Å²) in [7, 11) is 1.60. The first-order chi connectivity index (χ1) is 11.2. The Morgan fingerprint density at radius 2 is 1.74 bits per heavy atom. The Bertz CT molecular complexity index is 684. The lowest BCUT2D eigenvalue weighted by molar-refractivity contribution is -0.135. The standard InChI is InChI=1S/C18H20N2O3/c1-4-23-18(21)14(2)19-20(15-10-6-5-7-11-15)16-12-8-9-13-17(16)22-3/h5-13H,4H2,1-3H3/b19-14+. The quantitative estimate of drug-likeness (QED) is 0.463. The number of nitrogens with zero attached hydrogens (tertiary/aromatic N) is 2. The first-order valence-corrected chi connectivity index (χ1v) is 7.38. The van der Waals surface area contributed by atoms with E-state index in [1.807, 2.05) is 54.6 Å². The largest absolute Gasteiger partial charge is 0.494 e. The fourth-order valence-electron chi connectivity index (χ4n) is 2.05. The highest BCUT2D eigenvalue weighted by atomic mass is 16.5. The maximum atomic E-state index is 11.9. The smallest absolute Gasteiger partial charge is 0.354 e. The molecule has 0 N–H and O–H groups in total. The fraction of sp³-hybridized carbons (Fsp3) is 0.222. The van der Waals surface area contributed by atoms with E-state index in [-0.39, 0.29) is 5.71 Å². The average molecular weight is 312 g/mol. The summed E-state index contributed by atoms with van der Waals surface area (Å²) in [5.74, 6) is 0.222. The Balaban J connectivity index is 2.49. The zero-order valence-electron chi connectivity index (χ0n) is 13.5. The summed E-state index contributed by atoms with van der Waals surface area (Å²) in [4.78, 5) is 11.9. The summed E-state index contributed by atoms with van der Waals surface area (Å²) in [5, 5.41) is 6.11. The van der Waals surface area contributed by atoms with Crippen LogP contribution in [0.4, 0.5) is 11.4 Å². The molecule has 0 spiro atoms. The number of hydrazone groups is 1. The molecule has 0 radical (unpaired) electrons. The van der Waals surface area contributed by atoms with Crippen LogP contribution in [-0.2, 0) is 9.53 Å². The molecule has 0 heterocycles. The van der Waals surface area contributed by atoms with Gasteiger partial charge in [0.25, 0.3) is 0 Å². The Morgan fingerprint density at radius 1 is 1.09 bits per heavy atom. The van der Waals surface area contributed by atoms with E-state index in [0.717, 1.165) is 11.4 Å². The first kappa shape index (κ1) is 16.5. The molecule has 2 aromatic carbocycles. The summed E-state index contributed by atoms with van der Waals surface area (Å²) in [6.45, 7) is 3.70. The van der Waals surface area contributed by atoms with E-state index in [1.165, 1.54) is 0 Å². The van der Waals surface area contributed by atoms with Crippen molar-refractivity contribution >= 4 is 23.1 Å². The summed E-state index contributed by atoms with van der Waals surface area (Å²) in [5.41, 5.74) is 1.83. The number of esters is 1. The lowest BCUT2D eigenvalue weighted by atomic mass is 10.2. The highest BCUT2D eigenvalue weighted by Gasteiger charge is 2.16. The molecule has 0 saturated carbocycles. The van der Waals surface area contributed by atoms with Crippen molar-refractivity contribution in [2.75, 3.05) is 18.7 Å². The normalized spacial score (nSPS) is 11.0. The lowest BCUT2D eigenvalue weighted by Gasteiger charge is -2.22. The molecule has 23 heavy (non-hydrogen) atoms. The molecule has 0 aliphatic heterocycles.